The van der Waals surface area contributed by atoms with E-state index >= 15 is 0 Å². The van der Waals surface area contributed by atoms with Gasteiger partial charge in [0.2, 0.25) is 0 Å². The van der Waals surface area contributed by atoms with Crippen molar-refractivity contribution in [1.29, 1.82) is 5.26 Å². The predicted octanol–water partition coefficient (Wildman–Crippen LogP) is 8.81. The Morgan fingerprint density at radius 1 is 1.10 bits per heavy atom. The van der Waals surface area contributed by atoms with Gasteiger partial charge >= 0.3 is 0 Å². The molecule has 1 aliphatic heterocycles. The van der Waals surface area contributed by atoms with Gasteiger partial charge in [-0.2, -0.15) is 5.26 Å². The molecule has 2 N–H and O–H groups in total. The van der Waals surface area contributed by atoms with Gasteiger partial charge in [-0.1, -0.05) is 40.9 Å². The molecular weight excluding hydrogens is 660 g/mol. The molecule has 0 aromatic heterocycles. The molecule has 3 aromatic carbocycles. The summed E-state index contributed by atoms with van der Waals surface area (Å²) < 4.78 is 1.10. The number of Topliss-reactive ketones (excluding diaryl/α,β-unsaturated/α-hetero) is 1. The van der Waals surface area contributed by atoms with Crippen molar-refractivity contribution in [3.63, 3.8) is 0 Å². The number of carbonyl (C=O) groups excluding carboxylic acids is 1. The zero-order valence-corrected chi connectivity index (χ0v) is 26.0. The fourth-order valence-electron chi connectivity index (χ4n) is 5.44. The van der Waals surface area contributed by atoms with Crippen LogP contribution >= 0.6 is 57.6 Å². The third kappa shape index (κ3) is 5.47. The van der Waals surface area contributed by atoms with E-state index in [1.807, 2.05) is 42.2 Å². The fourth-order valence-corrected chi connectivity index (χ4v) is 7.34. The molecule has 0 fully saturated rings. The molecule has 0 amide bonds. The smallest absolute Gasteiger partial charge is 0.161 e. The minimum Gasteiger partial charge on any atom is -0.384 e. The number of carbonyl (C=O) groups is 1. The van der Waals surface area contributed by atoms with Gasteiger partial charge < -0.3 is 5.73 Å². The number of anilines is 1. The first-order valence-electron chi connectivity index (χ1n) is 12.6. The van der Waals surface area contributed by atoms with Crippen LogP contribution < -0.4 is 10.6 Å². The first kappa shape index (κ1) is 28.1. The molecule has 0 radical (unpaired) electrons. The number of halogens is 3. The van der Waals surface area contributed by atoms with Crippen LogP contribution in [0.15, 0.2) is 82.2 Å². The van der Waals surface area contributed by atoms with Gasteiger partial charge in [0, 0.05) is 42.6 Å². The number of hydrogen-bond donors (Lipinski definition) is 1. The van der Waals surface area contributed by atoms with Gasteiger partial charge in [0.15, 0.2) is 5.78 Å². The van der Waals surface area contributed by atoms with Gasteiger partial charge in [-0.05, 0) is 108 Å². The second kappa shape index (κ2) is 11.6. The summed E-state index contributed by atoms with van der Waals surface area (Å²) in [7, 11) is 0. The Labute approximate surface area is 257 Å². The molecule has 1 unspecified atom stereocenters. The summed E-state index contributed by atoms with van der Waals surface area (Å²) >= 11 is 16.5. The van der Waals surface area contributed by atoms with Gasteiger partial charge in [0.05, 0.1) is 22.6 Å². The number of hydrogen-bond acceptors (Lipinski definition) is 5. The van der Waals surface area contributed by atoms with E-state index in [4.69, 9.17) is 28.9 Å². The minimum absolute atomic E-state index is 0.0829. The van der Waals surface area contributed by atoms with Gasteiger partial charge in [-0.15, -0.1) is 11.8 Å². The van der Waals surface area contributed by atoms with Crippen molar-refractivity contribution in [3.8, 4) is 6.07 Å². The van der Waals surface area contributed by atoms with E-state index in [0.29, 0.717) is 39.2 Å². The third-order valence-corrected chi connectivity index (χ3v) is 9.79. The van der Waals surface area contributed by atoms with Crippen molar-refractivity contribution >= 4 is 69.0 Å². The van der Waals surface area contributed by atoms with Crippen LogP contribution in [0.2, 0.25) is 10.0 Å². The number of nitrogens with two attached hydrogens (primary N) is 1. The quantitative estimate of drug-likeness (QED) is 0.215. The number of aryl methyl sites for hydroxylation is 1. The summed E-state index contributed by atoms with van der Waals surface area (Å²) in [5.41, 5.74) is 13.8. The highest BCUT2D eigenvalue weighted by Gasteiger charge is 2.41. The molecule has 1 aliphatic carbocycles. The van der Waals surface area contributed by atoms with Crippen LogP contribution in [-0.4, -0.2) is 5.78 Å². The number of nitriles is 1. The SMILES string of the molecule is Cc1cc(CSc2cc(Cl)ccc2Cl)c(C)c(C2C(C#N)=C(N)N(c3ccc(I)cc3)C3=C2C(=O)CCC3)c1. The van der Waals surface area contributed by atoms with E-state index in [0.717, 1.165) is 54.9 Å². The molecule has 5 rings (SSSR count). The van der Waals surface area contributed by atoms with E-state index in [2.05, 4.69) is 47.7 Å². The summed E-state index contributed by atoms with van der Waals surface area (Å²) in [6.45, 7) is 4.11. The summed E-state index contributed by atoms with van der Waals surface area (Å²) in [5.74, 6) is 0.638. The Bertz CT molecular complexity index is 1590. The maximum atomic E-state index is 13.6. The minimum atomic E-state index is -0.503. The van der Waals surface area contributed by atoms with Crippen molar-refractivity contribution in [2.24, 2.45) is 5.73 Å². The van der Waals surface area contributed by atoms with Gasteiger partial charge in [0.25, 0.3) is 0 Å². The first-order chi connectivity index (χ1) is 18.7. The van der Waals surface area contributed by atoms with E-state index < -0.39 is 5.92 Å². The largest absolute Gasteiger partial charge is 0.384 e. The molecule has 4 nitrogen and oxygen atoms in total. The van der Waals surface area contributed by atoms with E-state index in [-0.39, 0.29) is 5.78 Å². The number of thioether (sulfide) groups is 1. The number of nitrogens with zero attached hydrogens (tertiary/aromatic N) is 2. The lowest BCUT2D eigenvalue weighted by molar-refractivity contribution is -0.116. The maximum Gasteiger partial charge on any atom is 0.161 e. The number of ketones is 1. The van der Waals surface area contributed by atoms with Crippen LogP contribution in [0, 0.1) is 28.7 Å². The van der Waals surface area contributed by atoms with Gasteiger partial charge in [-0.3, -0.25) is 9.69 Å². The second-order valence-electron chi connectivity index (χ2n) is 9.79. The van der Waals surface area contributed by atoms with Gasteiger partial charge in [0.1, 0.15) is 5.82 Å². The van der Waals surface area contributed by atoms with Crippen LogP contribution in [0.3, 0.4) is 0 Å². The zero-order valence-electron chi connectivity index (χ0n) is 21.5. The molecule has 0 spiro atoms. The molecular formula is C31H26Cl2IN3OS. The molecule has 8 heteroatoms. The molecule has 198 valence electrons. The summed E-state index contributed by atoms with van der Waals surface area (Å²) in [5, 5.41) is 11.7. The lowest BCUT2D eigenvalue weighted by Gasteiger charge is -2.40. The molecule has 3 aromatic rings. The predicted molar refractivity (Wildman–Crippen MR) is 169 cm³/mol. The number of allylic oxidation sites excluding steroid dienone is 3. The van der Waals surface area contributed by atoms with Crippen LogP contribution in [-0.2, 0) is 10.5 Å². The molecule has 39 heavy (non-hydrogen) atoms. The van der Waals surface area contributed by atoms with Crippen LogP contribution in [0.1, 0.15) is 47.4 Å². The Morgan fingerprint density at radius 2 is 1.85 bits per heavy atom. The topological polar surface area (TPSA) is 70.1 Å². The highest BCUT2D eigenvalue weighted by atomic mass is 127. The summed E-state index contributed by atoms with van der Waals surface area (Å²) in [4.78, 5) is 16.4. The average molecular weight is 686 g/mol. The van der Waals surface area contributed by atoms with Crippen molar-refractivity contribution < 1.29 is 4.79 Å². The number of benzene rings is 3. The van der Waals surface area contributed by atoms with Crippen LogP contribution in [0.25, 0.3) is 0 Å². The summed E-state index contributed by atoms with van der Waals surface area (Å²) in [6.07, 6.45) is 1.95. The van der Waals surface area contributed by atoms with E-state index in [9.17, 15) is 10.1 Å². The van der Waals surface area contributed by atoms with Crippen LogP contribution in [0.4, 0.5) is 5.69 Å². The lowest BCUT2D eigenvalue weighted by atomic mass is 9.73. The Morgan fingerprint density at radius 3 is 2.56 bits per heavy atom. The Balaban J connectivity index is 1.63. The zero-order chi connectivity index (χ0) is 27.8. The summed E-state index contributed by atoms with van der Waals surface area (Å²) in [6, 6.07) is 20.1. The van der Waals surface area contributed by atoms with Crippen molar-refractivity contribution in [1.82, 2.24) is 0 Å². The Hall–Kier alpha value is -2.44. The lowest BCUT2D eigenvalue weighted by Crippen LogP contribution is -2.39. The second-order valence-corrected chi connectivity index (χ2v) is 12.9. The molecule has 2 aliphatic rings. The van der Waals surface area contributed by atoms with E-state index in [1.165, 1.54) is 0 Å². The van der Waals surface area contributed by atoms with E-state index in [1.54, 1.807) is 23.9 Å². The third-order valence-electron chi connectivity index (χ3n) is 7.29. The Kier molecular flexibility index (Phi) is 8.34. The fraction of sp³-hybridized carbons (Fsp3) is 0.226. The first-order valence-corrected chi connectivity index (χ1v) is 15.4. The normalized spacial score (nSPS) is 17.4. The average Bonchev–Trinajstić information content (AvgIpc) is 2.91. The van der Waals surface area contributed by atoms with Crippen molar-refractivity contribution in [2.45, 2.75) is 49.7 Å². The molecule has 1 atom stereocenters. The molecule has 0 bridgehead atoms. The highest BCUT2D eigenvalue weighted by Crippen LogP contribution is 2.48. The number of rotatable bonds is 5. The maximum absolute atomic E-state index is 13.6. The van der Waals surface area contributed by atoms with Crippen LogP contribution in [0.5, 0.6) is 0 Å². The molecule has 1 heterocycles. The molecule has 0 saturated heterocycles. The van der Waals surface area contributed by atoms with Gasteiger partial charge in [-0.25, -0.2) is 0 Å². The van der Waals surface area contributed by atoms with Crippen molar-refractivity contribution in [2.75, 3.05) is 4.90 Å². The standard InChI is InChI=1S/C31H26Cl2IN3OS/c1-17-12-19(16-39-28-14-20(32)6-11-25(28)33)18(2)23(13-17)29-24(15-35)31(36)37(22-9-7-21(34)8-10-22)26-4-3-5-27(38)30(26)29/h6-14,29H,3-5,16,36H2,1-2H3. The monoisotopic (exact) mass is 685 g/mol. The molecule has 0 saturated carbocycles. The highest BCUT2D eigenvalue weighted by molar-refractivity contribution is 14.1. The van der Waals surface area contributed by atoms with Crippen molar-refractivity contribution in [3.05, 3.63) is 113 Å².